The quantitative estimate of drug-likeness (QED) is 0.921. The van der Waals surface area contributed by atoms with E-state index in [2.05, 4.69) is 5.10 Å². The van der Waals surface area contributed by atoms with Crippen LogP contribution in [0.15, 0.2) is 30.6 Å². The maximum absolute atomic E-state index is 12.8. The van der Waals surface area contributed by atoms with Crippen molar-refractivity contribution in [2.24, 2.45) is 0 Å². The van der Waals surface area contributed by atoms with Crippen LogP contribution in [0.5, 0.6) is 5.75 Å². The van der Waals surface area contributed by atoms with E-state index in [0.717, 1.165) is 31.0 Å². The first kappa shape index (κ1) is 14.9. The Morgan fingerprint density at radius 1 is 1.23 bits per heavy atom. The normalized spacial score (nSPS) is 16.9. The summed E-state index contributed by atoms with van der Waals surface area (Å²) in [5.41, 5.74) is -0.192. The molecule has 1 aliphatic heterocycles. The van der Waals surface area contributed by atoms with E-state index in [0.29, 0.717) is 18.8 Å². The third-order valence-electron chi connectivity index (χ3n) is 3.80. The van der Waals surface area contributed by atoms with E-state index in [4.69, 9.17) is 4.74 Å². The minimum Gasteiger partial charge on any atom is -0.507 e. The molecule has 0 radical (unpaired) electrons. The molecule has 1 aliphatic rings. The van der Waals surface area contributed by atoms with Crippen molar-refractivity contribution < 1.29 is 23.0 Å². The number of alkyl halides is 3. The van der Waals surface area contributed by atoms with Crippen LogP contribution in [0.2, 0.25) is 0 Å². The molecular weight excluding hydrogens is 297 g/mol. The number of benzene rings is 1. The lowest BCUT2D eigenvalue weighted by Gasteiger charge is -2.22. The second kappa shape index (κ2) is 5.64. The van der Waals surface area contributed by atoms with Gasteiger partial charge in [-0.1, -0.05) is 0 Å². The summed E-state index contributed by atoms with van der Waals surface area (Å²) in [7, 11) is 0. The molecule has 4 nitrogen and oxygen atoms in total. The minimum atomic E-state index is -4.45. The van der Waals surface area contributed by atoms with Crippen LogP contribution in [-0.2, 0) is 10.9 Å². The molecule has 0 bridgehead atoms. The van der Waals surface area contributed by atoms with Crippen LogP contribution in [0.25, 0.3) is 11.1 Å². The summed E-state index contributed by atoms with van der Waals surface area (Å²) in [4.78, 5) is 0. The molecule has 118 valence electrons. The lowest BCUT2D eigenvalue weighted by atomic mass is 10.0. The van der Waals surface area contributed by atoms with Gasteiger partial charge in [-0.25, -0.2) is 0 Å². The summed E-state index contributed by atoms with van der Waals surface area (Å²) >= 11 is 0. The molecule has 2 aromatic rings. The number of hydrogen-bond donors (Lipinski definition) is 1. The Morgan fingerprint density at radius 2 is 1.95 bits per heavy atom. The first-order chi connectivity index (χ1) is 10.4. The average Bonchev–Trinajstić information content (AvgIpc) is 2.97. The summed E-state index contributed by atoms with van der Waals surface area (Å²) in [6, 6.07) is 3.04. The van der Waals surface area contributed by atoms with Crippen molar-refractivity contribution in [2.75, 3.05) is 13.2 Å². The molecule has 1 aromatic carbocycles. The fourth-order valence-corrected chi connectivity index (χ4v) is 2.57. The fourth-order valence-electron chi connectivity index (χ4n) is 2.57. The average molecular weight is 312 g/mol. The molecule has 7 heteroatoms. The van der Waals surface area contributed by atoms with E-state index < -0.39 is 11.7 Å². The van der Waals surface area contributed by atoms with Gasteiger partial charge >= 0.3 is 6.18 Å². The highest BCUT2D eigenvalue weighted by molar-refractivity contribution is 5.69. The van der Waals surface area contributed by atoms with Gasteiger partial charge in [-0.15, -0.1) is 0 Å². The zero-order chi connectivity index (χ0) is 15.7. The van der Waals surface area contributed by atoms with Gasteiger partial charge in [-0.3, -0.25) is 4.68 Å². The van der Waals surface area contributed by atoms with Crippen LogP contribution < -0.4 is 0 Å². The zero-order valence-electron chi connectivity index (χ0n) is 11.7. The predicted octanol–water partition coefficient (Wildman–Crippen LogP) is 3.63. The highest BCUT2D eigenvalue weighted by Gasteiger charge is 2.31. The van der Waals surface area contributed by atoms with Crippen LogP contribution in [0.4, 0.5) is 13.2 Å². The maximum atomic E-state index is 12.8. The number of aromatic hydroxyl groups is 1. The molecule has 0 aliphatic carbocycles. The van der Waals surface area contributed by atoms with E-state index in [-0.39, 0.29) is 17.4 Å². The van der Waals surface area contributed by atoms with Crippen LogP contribution in [-0.4, -0.2) is 28.1 Å². The summed E-state index contributed by atoms with van der Waals surface area (Å²) in [5.74, 6) is -0.195. The summed E-state index contributed by atoms with van der Waals surface area (Å²) in [6.45, 7) is 1.29. The van der Waals surface area contributed by atoms with Gasteiger partial charge in [0.05, 0.1) is 17.8 Å². The lowest BCUT2D eigenvalue weighted by Crippen LogP contribution is -2.19. The molecule has 3 rings (SSSR count). The number of hydrogen-bond acceptors (Lipinski definition) is 3. The van der Waals surface area contributed by atoms with E-state index >= 15 is 0 Å². The maximum Gasteiger partial charge on any atom is 0.416 e. The van der Waals surface area contributed by atoms with Gasteiger partial charge in [0, 0.05) is 30.5 Å². The van der Waals surface area contributed by atoms with E-state index in [1.807, 2.05) is 0 Å². The molecule has 1 saturated heterocycles. The van der Waals surface area contributed by atoms with Gasteiger partial charge < -0.3 is 9.84 Å². The van der Waals surface area contributed by atoms with Crippen molar-refractivity contribution in [1.29, 1.82) is 0 Å². The van der Waals surface area contributed by atoms with Crippen LogP contribution >= 0.6 is 0 Å². The fraction of sp³-hybridized carbons (Fsp3) is 0.400. The molecule has 0 amide bonds. The number of ether oxygens (including phenoxy) is 1. The summed E-state index contributed by atoms with van der Waals surface area (Å²) in [5, 5.41) is 14.1. The van der Waals surface area contributed by atoms with Crippen molar-refractivity contribution in [2.45, 2.75) is 25.1 Å². The molecule has 1 N–H and O–H groups in total. The molecule has 0 unspecified atom stereocenters. The van der Waals surface area contributed by atoms with Crippen LogP contribution in [0.1, 0.15) is 24.4 Å². The van der Waals surface area contributed by atoms with Crippen molar-refractivity contribution >= 4 is 0 Å². The van der Waals surface area contributed by atoms with Gasteiger partial charge in [-0.05, 0) is 31.0 Å². The molecule has 22 heavy (non-hydrogen) atoms. The third-order valence-corrected chi connectivity index (χ3v) is 3.80. The van der Waals surface area contributed by atoms with Gasteiger partial charge in [0.1, 0.15) is 5.75 Å². The van der Waals surface area contributed by atoms with Crippen molar-refractivity contribution in [3.05, 3.63) is 36.2 Å². The number of phenolic OH excluding ortho intramolecular Hbond substituents is 1. The van der Waals surface area contributed by atoms with E-state index in [1.54, 1.807) is 10.9 Å². The summed E-state index contributed by atoms with van der Waals surface area (Å²) < 4.78 is 45.4. The molecule has 0 saturated carbocycles. The molecule has 1 fully saturated rings. The van der Waals surface area contributed by atoms with Gasteiger partial charge in [-0.2, -0.15) is 18.3 Å². The number of phenols is 1. The largest absolute Gasteiger partial charge is 0.507 e. The highest BCUT2D eigenvalue weighted by atomic mass is 19.4. The number of nitrogens with zero attached hydrogens (tertiary/aromatic N) is 2. The van der Waals surface area contributed by atoms with Crippen LogP contribution in [0, 0.1) is 0 Å². The molecule has 0 spiro atoms. The highest BCUT2D eigenvalue weighted by Crippen LogP contribution is 2.37. The molecule has 2 heterocycles. The van der Waals surface area contributed by atoms with Gasteiger partial charge in [0.15, 0.2) is 0 Å². The third kappa shape index (κ3) is 2.94. The smallest absolute Gasteiger partial charge is 0.416 e. The van der Waals surface area contributed by atoms with E-state index in [1.165, 1.54) is 6.20 Å². The predicted molar refractivity (Wildman–Crippen MR) is 73.4 cm³/mol. The van der Waals surface area contributed by atoms with Gasteiger partial charge in [0.25, 0.3) is 0 Å². The van der Waals surface area contributed by atoms with E-state index in [9.17, 15) is 18.3 Å². The zero-order valence-corrected chi connectivity index (χ0v) is 11.7. The minimum absolute atomic E-state index is 0.133. The Morgan fingerprint density at radius 3 is 2.64 bits per heavy atom. The Bertz CT molecular complexity index is 661. The van der Waals surface area contributed by atoms with Crippen molar-refractivity contribution in [1.82, 2.24) is 9.78 Å². The Hall–Kier alpha value is -2.02. The lowest BCUT2D eigenvalue weighted by molar-refractivity contribution is -0.137. The monoisotopic (exact) mass is 312 g/mol. The Labute approximate surface area is 125 Å². The Kier molecular flexibility index (Phi) is 3.82. The Balaban J connectivity index is 1.92. The molecule has 1 aromatic heterocycles. The van der Waals surface area contributed by atoms with Crippen molar-refractivity contribution in [3.8, 4) is 16.9 Å². The van der Waals surface area contributed by atoms with Crippen LogP contribution in [0.3, 0.4) is 0 Å². The topological polar surface area (TPSA) is 47.3 Å². The summed E-state index contributed by atoms with van der Waals surface area (Å²) in [6.07, 6.45) is 0.334. The van der Waals surface area contributed by atoms with Gasteiger partial charge in [0.2, 0.25) is 0 Å². The first-order valence-corrected chi connectivity index (χ1v) is 6.97. The number of halogens is 3. The first-order valence-electron chi connectivity index (χ1n) is 6.97. The van der Waals surface area contributed by atoms with Crippen molar-refractivity contribution in [3.63, 3.8) is 0 Å². The molecular formula is C15H15F3N2O2. The SMILES string of the molecule is Oc1ccc(C(F)(F)F)cc1-c1cnn(C2CCOCC2)c1. The second-order valence-electron chi connectivity index (χ2n) is 5.28. The second-order valence-corrected chi connectivity index (χ2v) is 5.28. The molecule has 0 atom stereocenters. The number of rotatable bonds is 2. The standard InChI is InChI=1S/C15H15F3N2O2/c16-15(17,18)11-1-2-14(21)13(7-11)10-8-19-20(9-10)12-3-5-22-6-4-12/h1-2,7-9,12,21H,3-6H2. The number of aromatic nitrogens is 2.